The summed E-state index contributed by atoms with van der Waals surface area (Å²) in [7, 11) is 0. The summed E-state index contributed by atoms with van der Waals surface area (Å²) in [6.45, 7) is 1.84. The molecule has 2 atom stereocenters. The third kappa shape index (κ3) is 2.62. The summed E-state index contributed by atoms with van der Waals surface area (Å²) in [6, 6.07) is 9.74. The molecule has 24 heavy (non-hydrogen) atoms. The van der Waals surface area contributed by atoms with Gasteiger partial charge in [0, 0.05) is 5.92 Å². The minimum Gasteiger partial charge on any atom is -0.392 e. The van der Waals surface area contributed by atoms with E-state index in [1.165, 1.54) is 6.07 Å². The molecule has 1 heterocycles. The summed E-state index contributed by atoms with van der Waals surface area (Å²) in [6.07, 6.45) is -3.55. The zero-order chi connectivity index (χ0) is 16.9. The van der Waals surface area contributed by atoms with Crippen LogP contribution in [0.25, 0.3) is 0 Å². The molecule has 1 aliphatic heterocycles. The van der Waals surface area contributed by atoms with Crippen molar-refractivity contribution in [2.75, 3.05) is 0 Å². The van der Waals surface area contributed by atoms with Gasteiger partial charge in [-0.15, -0.1) is 0 Å². The number of halogens is 3. The van der Waals surface area contributed by atoms with Gasteiger partial charge in [-0.1, -0.05) is 24.3 Å². The van der Waals surface area contributed by atoms with Crippen LogP contribution >= 0.6 is 0 Å². The van der Waals surface area contributed by atoms with Crippen LogP contribution in [0.1, 0.15) is 39.3 Å². The second-order valence-electron chi connectivity index (χ2n) is 6.38. The van der Waals surface area contributed by atoms with Crippen molar-refractivity contribution in [2.45, 2.75) is 37.6 Å². The van der Waals surface area contributed by atoms with Gasteiger partial charge in [-0.25, -0.2) is 0 Å². The predicted octanol–water partition coefficient (Wildman–Crippen LogP) is 3.99. The Morgan fingerprint density at radius 3 is 2.62 bits per heavy atom. The lowest BCUT2D eigenvalue weighted by atomic mass is 9.83. The summed E-state index contributed by atoms with van der Waals surface area (Å²) in [5.41, 5.74) is 3.94. The molecule has 1 N–H and O–H groups in total. The van der Waals surface area contributed by atoms with E-state index in [1.54, 1.807) is 12.7 Å². The van der Waals surface area contributed by atoms with Crippen LogP contribution in [0.3, 0.4) is 0 Å². The first-order valence-corrected chi connectivity index (χ1v) is 7.87. The Hall–Kier alpha value is -1.85. The van der Waals surface area contributed by atoms with Gasteiger partial charge >= 0.3 is 6.18 Å². The van der Waals surface area contributed by atoms with E-state index in [4.69, 9.17) is 4.74 Å². The SMILES string of the molecule is O[C@@H]1Cc2cccc(C3[CH]OCc4cc(C(F)(F)F)ccc43)c2C1. The van der Waals surface area contributed by atoms with E-state index >= 15 is 0 Å². The number of rotatable bonds is 1. The standard InChI is InChI=1S/C19H16F3O2/c20-19(21,22)13-4-5-15-12(6-13)9-24-10-18(15)16-3-1-2-11-7-14(23)8-17(11)16/h1-6,10,14,18,23H,7-9H2/t14-,18?/m1/s1. The predicted molar refractivity (Wildman–Crippen MR) is 82.2 cm³/mol. The van der Waals surface area contributed by atoms with Crippen LogP contribution in [-0.4, -0.2) is 11.2 Å². The normalized spacial score (nSPS) is 23.0. The van der Waals surface area contributed by atoms with Crippen molar-refractivity contribution in [2.24, 2.45) is 0 Å². The molecule has 0 saturated carbocycles. The van der Waals surface area contributed by atoms with Crippen LogP contribution in [-0.2, 0) is 30.4 Å². The van der Waals surface area contributed by atoms with Crippen molar-refractivity contribution < 1.29 is 23.0 Å². The van der Waals surface area contributed by atoms with E-state index in [0.29, 0.717) is 18.4 Å². The van der Waals surface area contributed by atoms with E-state index in [9.17, 15) is 18.3 Å². The van der Waals surface area contributed by atoms with Gasteiger partial charge in [-0.3, -0.25) is 0 Å². The molecule has 0 saturated heterocycles. The average molecular weight is 333 g/mol. The summed E-state index contributed by atoms with van der Waals surface area (Å²) in [4.78, 5) is 0. The summed E-state index contributed by atoms with van der Waals surface area (Å²) < 4.78 is 44.2. The molecule has 2 aromatic carbocycles. The van der Waals surface area contributed by atoms with Crippen molar-refractivity contribution >= 4 is 0 Å². The molecule has 0 amide bonds. The van der Waals surface area contributed by atoms with Gasteiger partial charge in [-0.2, -0.15) is 13.2 Å². The molecule has 2 nitrogen and oxygen atoms in total. The van der Waals surface area contributed by atoms with Gasteiger partial charge in [0.1, 0.15) is 0 Å². The fraction of sp³-hybridized carbons (Fsp3) is 0.316. The maximum atomic E-state index is 12.9. The van der Waals surface area contributed by atoms with Crippen molar-refractivity contribution in [3.8, 4) is 0 Å². The number of fused-ring (bicyclic) bond motifs is 2. The Balaban J connectivity index is 1.77. The van der Waals surface area contributed by atoms with Gasteiger partial charge in [0.15, 0.2) is 0 Å². The Labute approximate surface area is 137 Å². The van der Waals surface area contributed by atoms with Gasteiger partial charge in [-0.05, 0) is 52.8 Å². The zero-order valence-electron chi connectivity index (χ0n) is 12.8. The van der Waals surface area contributed by atoms with Crippen molar-refractivity contribution in [1.29, 1.82) is 0 Å². The van der Waals surface area contributed by atoms with Gasteiger partial charge < -0.3 is 9.84 Å². The number of aliphatic hydroxyl groups excluding tert-OH is 1. The Bertz CT molecular complexity index is 783. The Morgan fingerprint density at radius 2 is 1.83 bits per heavy atom. The number of aliphatic hydroxyl groups is 1. The molecule has 0 aromatic heterocycles. The second-order valence-corrected chi connectivity index (χ2v) is 6.38. The van der Waals surface area contributed by atoms with Crippen LogP contribution in [0.15, 0.2) is 36.4 Å². The maximum absolute atomic E-state index is 12.9. The molecule has 4 rings (SSSR count). The first-order chi connectivity index (χ1) is 11.4. The average Bonchev–Trinajstić information content (AvgIpc) is 2.93. The van der Waals surface area contributed by atoms with Gasteiger partial charge in [0.05, 0.1) is 24.9 Å². The van der Waals surface area contributed by atoms with Crippen molar-refractivity contribution in [1.82, 2.24) is 0 Å². The maximum Gasteiger partial charge on any atom is 0.416 e. The summed E-state index contributed by atoms with van der Waals surface area (Å²) in [5.74, 6) is -0.212. The highest BCUT2D eigenvalue weighted by atomic mass is 19.4. The minimum atomic E-state index is -4.36. The first-order valence-electron chi connectivity index (χ1n) is 7.87. The first kappa shape index (κ1) is 15.7. The molecule has 1 unspecified atom stereocenters. The molecule has 0 bridgehead atoms. The van der Waals surface area contributed by atoms with Gasteiger partial charge in [0.25, 0.3) is 0 Å². The lowest BCUT2D eigenvalue weighted by molar-refractivity contribution is -0.137. The third-order valence-corrected chi connectivity index (χ3v) is 4.82. The van der Waals surface area contributed by atoms with E-state index < -0.39 is 17.8 Å². The van der Waals surface area contributed by atoms with E-state index in [1.807, 2.05) is 18.2 Å². The fourth-order valence-electron chi connectivity index (χ4n) is 3.71. The number of hydrogen-bond donors (Lipinski definition) is 1. The van der Waals surface area contributed by atoms with Gasteiger partial charge in [0.2, 0.25) is 0 Å². The lowest BCUT2D eigenvalue weighted by Crippen LogP contribution is -2.17. The molecule has 1 aliphatic carbocycles. The van der Waals surface area contributed by atoms with Crippen LogP contribution in [0.2, 0.25) is 0 Å². The molecule has 1 radical (unpaired) electrons. The largest absolute Gasteiger partial charge is 0.416 e. The number of hydrogen-bond acceptors (Lipinski definition) is 2. The van der Waals surface area contributed by atoms with E-state index in [-0.39, 0.29) is 12.5 Å². The Kier molecular flexibility index (Phi) is 3.66. The smallest absolute Gasteiger partial charge is 0.392 e. The highest BCUT2D eigenvalue weighted by Gasteiger charge is 2.34. The molecular weight excluding hydrogens is 317 g/mol. The molecular formula is C19H16F3O2. The monoisotopic (exact) mass is 333 g/mol. The molecule has 2 aromatic rings. The highest BCUT2D eigenvalue weighted by Crippen LogP contribution is 2.41. The topological polar surface area (TPSA) is 29.5 Å². The number of benzene rings is 2. The van der Waals surface area contributed by atoms with Crippen LogP contribution in [0.4, 0.5) is 13.2 Å². The minimum absolute atomic E-state index is 0.146. The van der Waals surface area contributed by atoms with Crippen molar-refractivity contribution in [3.63, 3.8) is 0 Å². The van der Waals surface area contributed by atoms with E-state index in [2.05, 4.69) is 0 Å². The molecule has 5 heteroatoms. The molecule has 0 spiro atoms. The summed E-state index contributed by atoms with van der Waals surface area (Å²) >= 11 is 0. The lowest BCUT2D eigenvalue weighted by Gasteiger charge is -2.28. The van der Waals surface area contributed by atoms with Crippen LogP contribution in [0.5, 0.6) is 0 Å². The van der Waals surface area contributed by atoms with Crippen LogP contribution < -0.4 is 0 Å². The molecule has 0 fully saturated rings. The zero-order valence-corrected chi connectivity index (χ0v) is 12.8. The van der Waals surface area contributed by atoms with Crippen molar-refractivity contribution in [3.05, 3.63) is 76.4 Å². The fourth-order valence-corrected chi connectivity index (χ4v) is 3.71. The van der Waals surface area contributed by atoms with Crippen LogP contribution in [0, 0.1) is 6.61 Å². The third-order valence-electron chi connectivity index (χ3n) is 4.82. The van der Waals surface area contributed by atoms with E-state index in [0.717, 1.165) is 28.3 Å². The molecule has 125 valence electrons. The molecule has 2 aliphatic rings. The Morgan fingerprint density at radius 1 is 1.00 bits per heavy atom. The highest BCUT2D eigenvalue weighted by molar-refractivity contribution is 5.49. The summed E-state index contributed by atoms with van der Waals surface area (Å²) in [5, 5.41) is 9.93. The second kappa shape index (κ2) is 5.60. The number of ether oxygens (including phenoxy) is 1. The number of alkyl halides is 3. The quantitative estimate of drug-likeness (QED) is 0.855.